The van der Waals surface area contributed by atoms with Gasteiger partial charge in [-0.25, -0.2) is 4.79 Å². The summed E-state index contributed by atoms with van der Waals surface area (Å²) in [7, 11) is 0. The second kappa shape index (κ2) is 9.93. The Balaban J connectivity index is 1.57. The smallest absolute Gasteiger partial charge is 0.339 e. The van der Waals surface area contributed by atoms with Crippen molar-refractivity contribution in [2.45, 2.75) is 46.8 Å². The van der Waals surface area contributed by atoms with Gasteiger partial charge in [0.25, 0.3) is 5.91 Å². The summed E-state index contributed by atoms with van der Waals surface area (Å²) in [6.07, 6.45) is -0.0336. The van der Waals surface area contributed by atoms with E-state index >= 15 is 0 Å². The molecule has 0 saturated heterocycles. The number of rotatable bonds is 8. The molecule has 1 amide bonds. The minimum atomic E-state index is -0.953. The molecule has 0 aliphatic rings. The number of hydrogen-bond acceptors (Lipinski definition) is 6. The number of carbonyl (C=O) groups excluding carboxylic acids is 2. The van der Waals surface area contributed by atoms with Gasteiger partial charge in [-0.05, 0) is 63.1 Å². The van der Waals surface area contributed by atoms with Crippen molar-refractivity contribution in [2.75, 3.05) is 5.32 Å². The van der Waals surface area contributed by atoms with Crippen LogP contribution in [-0.2, 0) is 22.6 Å². The SMILES string of the molecule is CCc1ccc(NC(=O)[C@H](C)OC(=O)c2cccc(OCc3c(C)noc3C)c2)cc1. The van der Waals surface area contributed by atoms with Crippen molar-refractivity contribution in [1.29, 1.82) is 0 Å². The van der Waals surface area contributed by atoms with Gasteiger partial charge in [0.15, 0.2) is 6.10 Å². The first-order valence-electron chi connectivity index (χ1n) is 10.1. The molecule has 7 heteroatoms. The fraction of sp³-hybridized carbons (Fsp3) is 0.292. The lowest BCUT2D eigenvalue weighted by atomic mass is 10.1. The molecular formula is C24H26N2O5. The highest BCUT2D eigenvalue weighted by Gasteiger charge is 2.19. The molecule has 1 atom stereocenters. The normalized spacial score (nSPS) is 11.6. The van der Waals surface area contributed by atoms with E-state index in [4.69, 9.17) is 14.0 Å². The number of benzene rings is 2. The molecule has 31 heavy (non-hydrogen) atoms. The Morgan fingerprint density at radius 3 is 2.52 bits per heavy atom. The van der Waals surface area contributed by atoms with Crippen molar-refractivity contribution >= 4 is 17.6 Å². The number of ether oxygens (including phenoxy) is 2. The molecule has 0 radical (unpaired) electrons. The second-order valence-corrected chi connectivity index (χ2v) is 7.21. The first kappa shape index (κ1) is 22.1. The van der Waals surface area contributed by atoms with E-state index in [1.807, 2.05) is 38.1 Å². The number of nitrogens with one attached hydrogen (secondary N) is 1. The molecule has 162 valence electrons. The highest BCUT2D eigenvalue weighted by atomic mass is 16.5. The number of hydrogen-bond donors (Lipinski definition) is 1. The number of amides is 1. The molecule has 1 N–H and O–H groups in total. The lowest BCUT2D eigenvalue weighted by molar-refractivity contribution is -0.123. The first-order chi connectivity index (χ1) is 14.9. The van der Waals surface area contributed by atoms with Crippen LogP contribution in [0.3, 0.4) is 0 Å². The van der Waals surface area contributed by atoms with Crippen LogP contribution in [0.25, 0.3) is 0 Å². The molecule has 1 heterocycles. The van der Waals surface area contributed by atoms with Crippen molar-refractivity contribution in [2.24, 2.45) is 0 Å². The third kappa shape index (κ3) is 5.72. The number of nitrogens with zero attached hydrogens (tertiary/aromatic N) is 1. The number of carbonyl (C=O) groups is 2. The van der Waals surface area contributed by atoms with E-state index in [1.54, 1.807) is 24.3 Å². The lowest BCUT2D eigenvalue weighted by Gasteiger charge is -2.14. The van der Waals surface area contributed by atoms with Gasteiger partial charge in [0, 0.05) is 5.69 Å². The average molecular weight is 422 g/mol. The zero-order valence-electron chi connectivity index (χ0n) is 18.1. The molecule has 0 aliphatic carbocycles. The van der Waals surface area contributed by atoms with Crippen LogP contribution in [-0.4, -0.2) is 23.1 Å². The van der Waals surface area contributed by atoms with Crippen molar-refractivity contribution in [1.82, 2.24) is 5.16 Å². The van der Waals surface area contributed by atoms with Gasteiger partial charge in [0.1, 0.15) is 18.1 Å². The van der Waals surface area contributed by atoms with Crippen LogP contribution in [0.5, 0.6) is 5.75 Å². The summed E-state index contributed by atoms with van der Waals surface area (Å²) in [4.78, 5) is 24.9. The van der Waals surface area contributed by atoms with Gasteiger partial charge in [0.05, 0.1) is 16.8 Å². The van der Waals surface area contributed by atoms with E-state index in [-0.39, 0.29) is 6.61 Å². The van der Waals surface area contributed by atoms with Crippen LogP contribution in [0.4, 0.5) is 5.69 Å². The van der Waals surface area contributed by atoms with Crippen molar-refractivity contribution < 1.29 is 23.6 Å². The molecular weight excluding hydrogens is 396 g/mol. The Morgan fingerprint density at radius 1 is 1.13 bits per heavy atom. The Hall–Kier alpha value is -3.61. The summed E-state index contributed by atoms with van der Waals surface area (Å²) < 4.78 is 16.2. The number of aryl methyl sites for hydroxylation is 3. The van der Waals surface area contributed by atoms with Gasteiger partial charge in [-0.2, -0.15) is 0 Å². The van der Waals surface area contributed by atoms with Crippen LogP contribution < -0.4 is 10.1 Å². The van der Waals surface area contributed by atoms with E-state index in [1.165, 1.54) is 12.5 Å². The highest BCUT2D eigenvalue weighted by molar-refractivity contribution is 5.97. The van der Waals surface area contributed by atoms with Crippen molar-refractivity contribution in [3.8, 4) is 5.75 Å². The molecule has 0 saturated carbocycles. The van der Waals surface area contributed by atoms with Crippen LogP contribution in [0.15, 0.2) is 53.1 Å². The molecule has 7 nitrogen and oxygen atoms in total. The summed E-state index contributed by atoms with van der Waals surface area (Å²) >= 11 is 0. The minimum absolute atomic E-state index is 0.273. The summed E-state index contributed by atoms with van der Waals surface area (Å²) in [5.74, 6) is 0.190. The van der Waals surface area contributed by atoms with E-state index in [9.17, 15) is 9.59 Å². The molecule has 3 aromatic rings. The Labute approximate surface area is 181 Å². The summed E-state index contributed by atoms with van der Waals surface area (Å²) in [5.41, 5.74) is 3.75. The lowest BCUT2D eigenvalue weighted by Crippen LogP contribution is -2.30. The first-order valence-corrected chi connectivity index (χ1v) is 10.1. The maximum Gasteiger partial charge on any atom is 0.339 e. The topological polar surface area (TPSA) is 90.7 Å². The van der Waals surface area contributed by atoms with Gasteiger partial charge in [-0.1, -0.05) is 30.3 Å². The zero-order valence-corrected chi connectivity index (χ0v) is 18.1. The van der Waals surface area contributed by atoms with Crippen LogP contribution in [0, 0.1) is 13.8 Å². The second-order valence-electron chi connectivity index (χ2n) is 7.21. The predicted molar refractivity (Wildman–Crippen MR) is 116 cm³/mol. The molecule has 0 unspecified atom stereocenters. The fourth-order valence-corrected chi connectivity index (χ4v) is 2.93. The Kier molecular flexibility index (Phi) is 7.07. The van der Waals surface area contributed by atoms with E-state index in [2.05, 4.69) is 17.4 Å². The molecule has 0 bridgehead atoms. The summed E-state index contributed by atoms with van der Waals surface area (Å²) in [5, 5.41) is 6.65. The molecule has 3 rings (SSSR count). The molecule has 1 aromatic heterocycles. The number of aromatic nitrogens is 1. The maximum atomic E-state index is 12.5. The Bertz CT molecular complexity index is 1040. The highest BCUT2D eigenvalue weighted by Crippen LogP contribution is 2.19. The maximum absolute atomic E-state index is 12.5. The summed E-state index contributed by atoms with van der Waals surface area (Å²) in [6, 6.07) is 14.2. The number of anilines is 1. The Morgan fingerprint density at radius 2 is 1.87 bits per heavy atom. The van der Waals surface area contributed by atoms with Crippen LogP contribution in [0.2, 0.25) is 0 Å². The minimum Gasteiger partial charge on any atom is -0.489 e. The monoisotopic (exact) mass is 422 g/mol. The standard InChI is InChI=1S/C24H26N2O5/c1-5-18-9-11-20(12-10-18)25-23(27)17(4)30-24(28)19-7-6-8-21(13-19)29-14-22-15(2)26-31-16(22)3/h6-13,17H,5,14H2,1-4H3,(H,25,27)/t17-/m0/s1. The third-order valence-corrected chi connectivity index (χ3v) is 4.92. The van der Waals surface area contributed by atoms with E-state index in [0.717, 1.165) is 17.7 Å². The predicted octanol–water partition coefficient (Wildman–Crippen LogP) is 4.62. The third-order valence-electron chi connectivity index (χ3n) is 4.92. The summed E-state index contributed by atoms with van der Waals surface area (Å²) in [6.45, 7) is 7.53. The molecule has 0 aliphatic heterocycles. The van der Waals surface area contributed by atoms with Crippen molar-refractivity contribution in [3.05, 3.63) is 76.7 Å². The molecule has 0 spiro atoms. The largest absolute Gasteiger partial charge is 0.489 e. The fourth-order valence-electron chi connectivity index (χ4n) is 2.93. The number of esters is 1. The quantitative estimate of drug-likeness (QED) is 0.533. The van der Waals surface area contributed by atoms with Crippen molar-refractivity contribution in [3.63, 3.8) is 0 Å². The van der Waals surface area contributed by atoms with Gasteiger partial charge >= 0.3 is 5.97 Å². The van der Waals surface area contributed by atoms with E-state index in [0.29, 0.717) is 22.8 Å². The van der Waals surface area contributed by atoms with Gasteiger partial charge in [-0.15, -0.1) is 0 Å². The van der Waals surface area contributed by atoms with E-state index < -0.39 is 18.0 Å². The zero-order chi connectivity index (χ0) is 22.4. The van der Waals surface area contributed by atoms with Crippen LogP contribution >= 0.6 is 0 Å². The van der Waals surface area contributed by atoms with Gasteiger partial charge < -0.3 is 19.3 Å². The molecule has 0 fully saturated rings. The average Bonchev–Trinajstić information content (AvgIpc) is 3.10. The van der Waals surface area contributed by atoms with Gasteiger partial charge in [-0.3, -0.25) is 4.79 Å². The molecule has 2 aromatic carbocycles. The van der Waals surface area contributed by atoms with Crippen LogP contribution in [0.1, 0.15) is 46.8 Å². The van der Waals surface area contributed by atoms with Gasteiger partial charge in [0.2, 0.25) is 0 Å².